The first-order valence-corrected chi connectivity index (χ1v) is 12.0. The van der Waals surface area contributed by atoms with Crippen LogP contribution in [0.4, 0.5) is 0 Å². The van der Waals surface area contributed by atoms with Crippen molar-refractivity contribution in [1.82, 2.24) is 0 Å². The predicted molar refractivity (Wildman–Crippen MR) is 158 cm³/mol. The van der Waals surface area contributed by atoms with E-state index in [1.807, 2.05) is 49.4 Å². The van der Waals surface area contributed by atoms with Gasteiger partial charge in [0, 0.05) is 12.4 Å². The lowest BCUT2D eigenvalue weighted by molar-refractivity contribution is 1.45. The molecule has 0 aliphatic rings. The largest absolute Gasteiger partial charge is 0.404 e. The molecule has 4 rings (SSSR count). The van der Waals surface area contributed by atoms with Crippen molar-refractivity contribution in [3.05, 3.63) is 132 Å². The molecule has 0 aliphatic carbocycles. The molecule has 0 unspecified atom stereocenters. The fourth-order valence-corrected chi connectivity index (χ4v) is 4.43. The van der Waals surface area contributed by atoms with Gasteiger partial charge in [-0.25, -0.2) is 0 Å². The second-order valence-electron chi connectivity index (χ2n) is 8.81. The Balaban J connectivity index is 1.80. The van der Waals surface area contributed by atoms with Crippen molar-refractivity contribution in [2.24, 2.45) is 5.73 Å². The van der Waals surface area contributed by atoms with Gasteiger partial charge in [0.25, 0.3) is 0 Å². The second kappa shape index (κ2) is 11.5. The summed E-state index contributed by atoms with van der Waals surface area (Å²) in [6.45, 7) is 6.07. The molecule has 4 heteroatoms. The zero-order chi connectivity index (χ0) is 27.1. The Morgan fingerprint density at radius 2 is 1.32 bits per heavy atom. The minimum Gasteiger partial charge on any atom is -0.404 e. The molecule has 3 N–H and O–H groups in total. The first-order chi connectivity index (χ1) is 18.5. The maximum absolute atomic E-state index is 9.23. The third kappa shape index (κ3) is 5.36. The normalized spacial score (nSPS) is 12.0. The average Bonchev–Trinajstić information content (AvgIpc) is 2.97. The number of allylic oxidation sites excluding steroid dienone is 6. The van der Waals surface area contributed by atoms with Crippen LogP contribution < -0.4 is 5.73 Å². The van der Waals surface area contributed by atoms with Crippen LogP contribution >= 0.6 is 0 Å². The first kappa shape index (κ1) is 25.6. The molecule has 0 spiro atoms. The van der Waals surface area contributed by atoms with Crippen LogP contribution in [0.15, 0.2) is 121 Å². The van der Waals surface area contributed by atoms with Crippen LogP contribution in [-0.2, 0) is 0 Å². The summed E-state index contributed by atoms with van der Waals surface area (Å²) in [5, 5.41) is 28.0. The lowest BCUT2D eigenvalue weighted by atomic mass is 9.90. The Morgan fingerprint density at radius 1 is 0.763 bits per heavy atom. The number of nitrogens with two attached hydrogens (primary N) is 1. The molecule has 0 fully saturated rings. The molecule has 0 saturated heterocycles. The van der Waals surface area contributed by atoms with E-state index >= 15 is 0 Å². The van der Waals surface area contributed by atoms with E-state index in [4.69, 9.17) is 16.4 Å². The minimum atomic E-state index is 0.255. The lowest BCUT2D eigenvalue weighted by Crippen LogP contribution is -1.89. The van der Waals surface area contributed by atoms with Crippen LogP contribution in [-0.4, -0.2) is 6.21 Å². The third-order valence-corrected chi connectivity index (χ3v) is 6.39. The van der Waals surface area contributed by atoms with E-state index < -0.39 is 0 Å². The van der Waals surface area contributed by atoms with Crippen molar-refractivity contribution < 1.29 is 0 Å². The van der Waals surface area contributed by atoms with E-state index in [1.54, 1.807) is 12.2 Å². The molecule has 0 atom stereocenters. The molecule has 0 amide bonds. The molecule has 0 radical (unpaired) electrons. The summed E-state index contributed by atoms with van der Waals surface area (Å²) in [6.07, 6.45) is 5.76. The van der Waals surface area contributed by atoms with Crippen molar-refractivity contribution >= 4 is 28.1 Å². The Hall–Kier alpha value is -5.45. The monoisotopic (exact) mass is 490 g/mol. The maximum Gasteiger partial charge on any atom is 0.101 e. The molecule has 182 valence electrons. The first-order valence-electron chi connectivity index (χ1n) is 12.0. The van der Waals surface area contributed by atoms with Crippen LogP contribution in [0.5, 0.6) is 0 Å². The maximum atomic E-state index is 9.23. The molecule has 0 aromatic heterocycles. The number of fused-ring (bicyclic) bond motifs is 1. The topological polar surface area (TPSA) is 97.5 Å². The van der Waals surface area contributed by atoms with Gasteiger partial charge in [0.1, 0.15) is 12.1 Å². The zero-order valence-electron chi connectivity index (χ0n) is 21.1. The van der Waals surface area contributed by atoms with Crippen molar-refractivity contribution in [3.63, 3.8) is 0 Å². The Kier molecular flexibility index (Phi) is 7.77. The van der Waals surface area contributed by atoms with Gasteiger partial charge in [0.15, 0.2) is 0 Å². The van der Waals surface area contributed by atoms with Gasteiger partial charge < -0.3 is 11.1 Å². The number of benzene rings is 4. The predicted octanol–water partition coefficient (Wildman–Crippen LogP) is 8.06. The van der Waals surface area contributed by atoms with Crippen molar-refractivity contribution in [2.45, 2.75) is 6.92 Å². The van der Waals surface area contributed by atoms with Crippen LogP contribution in [0.1, 0.15) is 18.1 Å². The van der Waals surface area contributed by atoms with Gasteiger partial charge >= 0.3 is 0 Å². The fourth-order valence-electron chi connectivity index (χ4n) is 4.43. The summed E-state index contributed by atoms with van der Waals surface area (Å²) >= 11 is 0. The number of rotatable bonds is 7. The molecule has 0 bridgehead atoms. The molecule has 0 saturated carbocycles. The highest BCUT2D eigenvalue weighted by Gasteiger charge is 2.11. The van der Waals surface area contributed by atoms with Crippen molar-refractivity contribution in [1.29, 1.82) is 15.9 Å². The number of nitrogens with one attached hydrogen (secondary N) is 1. The molecular formula is C34H26N4. The van der Waals surface area contributed by atoms with Crippen molar-refractivity contribution in [3.8, 4) is 34.4 Å². The number of nitriles is 2. The van der Waals surface area contributed by atoms with Gasteiger partial charge in [0.2, 0.25) is 0 Å². The highest BCUT2D eigenvalue weighted by Crippen LogP contribution is 2.37. The average molecular weight is 491 g/mol. The van der Waals surface area contributed by atoms with Gasteiger partial charge in [0.05, 0.1) is 11.1 Å². The van der Waals surface area contributed by atoms with Gasteiger partial charge in [-0.05, 0) is 86.5 Å². The van der Waals surface area contributed by atoms with Crippen molar-refractivity contribution in [2.75, 3.05) is 0 Å². The van der Waals surface area contributed by atoms with E-state index in [-0.39, 0.29) is 5.57 Å². The van der Waals surface area contributed by atoms with Crippen LogP contribution in [0, 0.1) is 28.1 Å². The summed E-state index contributed by atoms with van der Waals surface area (Å²) in [5.41, 5.74) is 14.1. The highest BCUT2D eigenvalue weighted by molar-refractivity contribution is 6.05. The van der Waals surface area contributed by atoms with Crippen LogP contribution in [0.25, 0.3) is 44.2 Å². The molecule has 38 heavy (non-hydrogen) atoms. The minimum absolute atomic E-state index is 0.255. The third-order valence-electron chi connectivity index (χ3n) is 6.39. The summed E-state index contributed by atoms with van der Waals surface area (Å²) < 4.78 is 0. The Bertz CT molecular complexity index is 1740. The van der Waals surface area contributed by atoms with E-state index in [0.717, 1.165) is 55.9 Å². The molecule has 0 aliphatic heterocycles. The smallest absolute Gasteiger partial charge is 0.101 e. The molecule has 0 heterocycles. The SMILES string of the molecule is C=C(/C=C(/C#N)C=N)c1cccc(-c2ccc(-c3cccc(/C(C)=C/C(C#N)=C\N)c3)c3ccccc23)c1. The number of hydrogen-bond acceptors (Lipinski definition) is 4. The quantitative estimate of drug-likeness (QED) is 0.156. The van der Waals surface area contributed by atoms with Crippen LogP contribution in [0.2, 0.25) is 0 Å². The summed E-state index contributed by atoms with van der Waals surface area (Å²) in [5.74, 6) is 0. The van der Waals surface area contributed by atoms with E-state index in [9.17, 15) is 5.26 Å². The Morgan fingerprint density at radius 3 is 1.84 bits per heavy atom. The van der Waals surface area contributed by atoms with Gasteiger partial charge in [-0.3, -0.25) is 0 Å². The van der Waals surface area contributed by atoms with Gasteiger partial charge in [-0.15, -0.1) is 0 Å². The van der Waals surface area contributed by atoms with E-state index in [2.05, 4.69) is 61.2 Å². The summed E-state index contributed by atoms with van der Waals surface area (Å²) in [4.78, 5) is 0. The molecular weight excluding hydrogens is 464 g/mol. The van der Waals surface area contributed by atoms with Gasteiger partial charge in [-0.1, -0.05) is 79.4 Å². The Labute approximate surface area is 223 Å². The van der Waals surface area contributed by atoms with E-state index in [1.165, 1.54) is 6.20 Å². The second-order valence-corrected chi connectivity index (χ2v) is 8.81. The highest BCUT2D eigenvalue weighted by atomic mass is 14.5. The standard InChI is InChI=1S/C34H26N4/c1-23(15-25(19-35)20-36)27-7-5-9-29(17-27)31-13-14-32(34-12-4-3-11-33(31)34)30-10-6-8-28(18-30)24(2)16-26(21-37)22-38/h3-19,21,35H,1,37H2,2H3/b24-16+,25-15+,26-21+,35-19?. The molecule has 4 nitrogen and oxygen atoms in total. The number of hydrogen-bond donors (Lipinski definition) is 2. The molecule has 4 aromatic rings. The fraction of sp³-hybridized carbons (Fsp3) is 0.0294. The van der Waals surface area contributed by atoms with Gasteiger partial charge in [-0.2, -0.15) is 10.5 Å². The number of nitrogens with zero attached hydrogens (tertiary/aromatic N) is 2. The zero-order valence-corrected chi connectivity index (χ0v) is 21.1. The van der Waals surface area contributed by atoms with Crippen LogP contribution in [0.3, 0.4) is 0 Å². The summed E-state index contributed by atoms with van der Waals surface area (Å²) in [7, 11) is 0. The summed E-state index contributed by atoms with van der Waals surface area (Å²) in [6, 6.07) is 33.0. The lowest BCUT2D eigenvalue weighted by Gasteiger charge is -2.14. The molecule has 4 aromatic carbocycles. The van der Waals surface area contributed by atoms with E-state index in [0.29, 0.717) is 11.1 Å².